The third kappa shape index (κ3) is 2.24. The van der Waals surface area contributed by atoms with E-state index in [0.717, 1.165) is 12.2 Å². The van der Waals surface area contributed by atoms with E-state index in [1.807, 2.05) is 11.8 Å². The fourth-order valence-electron chi connectivity index (χ4n) is 1.69. The van der Waals surface area contributed by atoms with Gasteiger partial charge in [-0.2, -0.15) is 16.6 Å². The third-order valence-corrected chi connectivity index (χ3v) is 3.95. The Balaban J connectivity index is 1.90. The zero-order chi connectivity index (χ0) is 9.97. The number of thioether (sulfide) groups is 1. The molecule has 0 spiro atoms. The highest BCUT2D eigenvalue weighted by atomic mass is 32.2. The molecule has 2 unspecified atom stereocenters. The zero-order valence-electron chi connectivity index (χ0n) is 8.26. The maximum Gasteiger partial charge on any atom is 0.176 e. The fraction of sp³-hybridized carbons (Fsp3) is 0.875. The Morgan fingerprint density at radius 3 is 3.14 bits per heavy atom. The van der Waals surface area contributed by atoms with Gasteiger partial charge < -0.3 is 5.73 Å². The molecule has 2 atom stereocenters. The highest BCUT2D eigenvalue weighted by molar-refractivity contribution is 8.00. The van der Waals surface area contributed by atoms with E-state index in [0.29, 0.717) is 5.25 Å². The van der Waals surface area contributed by atoms with Crippen LogP contribution in [0.15, 0.2) is 0 Å². The van der Waals surface area contributed by atoms with Crippen molar-refractivity contribution >= 4 is 11.8 Å². The number of aryl methyl sites for hydroxylation is 1. The summed E-state index contributed by atoms with van der Waals surface area (Å²) in [6, 6.07) is 0.173. The van der Waals surface area contributed by atoms with Gasteiger partial charge in [-0.3, -0.25) is 0 Å². The van der Waals surface area contributed by atoms with Crippen molar-refractivity contribution in [2.45, 2.75) is 30.6 Å². The molecule has 2 heterocycles. The van der Waals surface area contributed by atoms with Crippen molar-refractivity contribution in [3.63, 3.8) is 0 Å². The third-order valence-electron chi connectivity index (χ3n) is 2.41. The van der Waals surface area contributed by atoms with Gasteiger partial charge in [0.25, 0.3) is 0 Å². The second kappa shape index (κ2) is 4.27. The summed E-state index contributed by atoms with van der Waals surface area (Å²) in [5.74, 6) is 2.00. The Bertz CT molecular complexity index is 294. The van der Waals surface area contributed by atoms with Crippen LogP contribution in [0.1, 0.15) is 18.7 Å². The molecular formula is C8H15N5S. The summed E-state index contributed by atoms with van der Waals surface area (Å²) in [7, 11) is 1.77. The Labute approximate surface area is 87.4 Å². The van der Waals surface area contributed by atoms with Crippen LogP contribution in [0.4, 0.5) is 0 Å². The van der Waals surface area contributed by atoms with Gasteiger partial charge in [0, 0.05) is 17.7 Å². The molecule has 0 aliphatic carbocycles. The second-order valence-electron chi connectivity index (χ2n) is 3.61. The summed E-state index contributed by atoms with van der Waals surface area (Å²) in [6.45, 7) is 0. The number of nitrogens with two attached hydrogens (primary N) is 1. The van der Waals surface area contributed by atoms with Gasteiger partial charge in [0.1, 0.15) is 0 Å². The number of aromatic nitrogens is 4. The smallest absolute Gasteiger partial charge is 0.176 e. The molecule has 1 aromatic heterocycles. The van der Waals surface area contributed by atoms with E-state index >= 15 is 0 Å². The lowest BCUT2D eigenvalue weighted by Crippen LogP contribution is -2.33. The molecule has 78 valence electrons. The lowest BCUT2D eigenvalue weighted by Gasteiger charge is -2.15. The average Bonchev–Trinajstić information content (AvgIpc) is 2.75. The van der Waals surface area contributed by atoms with Crippen molar-refractivity contribution in [3.8, 4) is 0 Å². The topological polar surface area (TPSA) is 69.6 Å². The van der Waals surface area contributed by atoms with Gasteiger partial charge in [-0.25, -0.2) is 0 Å². The lowest BCUT2D eigenvalue weighted by atomic mass is 10.1. The van der Waals surface area contributed by atoms with Crippen LogP contribution in [-0.4, -0.2) is 37.3 Å². The minimum absolute atomic E-state index is 0.173. The van der Waals surface area contributed by atoms with E-state index in [-0.39, 0.29) is 6.04 Å². The normalized spacial score (nSPS) is 24.0. The molecule has 5 nitrogen and oxygen atoms in total. The van der Waals surface area contributed by atoms with Crippen LogP contribution in [0.25, 0.3) is 0 Å². The summed E-state index contributed by atoms with van der Waals surface area (Å²) < 4.78 is 0. The van der Waals surface area contributed by atoms with Gasteiger partial charge in [0.2, 0.25) is 0 Å². The molecule has 0 saturated carbocycles. The van der Waals surface area contributed by atoms with E-state index in [4.69, 9.17) is 5.73 Å². The van der Waals surface area contributed by atoms with Crippen molar-refractivity contribution in [2.24, 2.45) is 12.8 Å². The van der Waals surface area contributed by atoms with Gasteiger partial charge in [0.15, 0.2) is 5.82 Å². The van der Waals surface area contributed by atoms with Crippen molar-refractivity contribution in [2.75, 3.05) is 5.75 Å². The van der Waals surface area contributed by atoms with E-state index in [1.54, 1.807) is 7.05 Å². The number of nitrogens with zero attached hydrogens (tertiary/aromatic N) is 4. The number of hydrogen-bond acceptors (Lipinski definition) is 5. The van der Waals surface area contributed by atoms with Gasteiger partial charge >= 0.3 is 0 Å². The lowest BCUT2D eigenvalue weighted by molar-refractivity contribution is 0.587. The number of tetrazole rings is 1. The minimum Gasteiger partial charge on any atom is -0.326 e. The minimum atomic E-state index is 0.173. The van der Waals surface area contributed by atoms with Gasteiger partial charge in [-0.15, -0.1) is 10.2 Å². The second-order valence-corrected chi connectivity index (χ2v) is 4.96. The Morgan fingerprint density at radius 2 is 2.57 bits per heavy atom. The predicted octanol–water partition coefficient (Wildman–Crippen LogP) is -0.0245. The standard InChI is InChI=1S/C8H15N5S/c1-13-11-8(10-12-13)5-6(9)7-3-2-4-14-7/h6-7H,2-5,9H2,1H3. The molecule has 0 amide bonds. The monoisotopic (exact) mass is 213 g/mol. The first kappa shape index (κ1) is 9.92. The van der Waals surface area contributed by atoms with Crippen LogP contribution in [0.2, 0.25) is 0 Å². The predicted molar refractivity (Wildman–Crippen MR) is 56.0 cm³/mol. The molecule has 1 aliphatic rings. The maximum atomic E-state index is 6.08. The molecule has 1 aliphatic heterocycles. The Hall–Kier alpha value is -0.620. The molecule has 14 heavy (non-hydrogen) atoms. The maximum absolute atomic E-state index is 6.08. The Kier molecular flexibility index (Phi) is 3.02. The fourth-order valence-corrected chi connectivity index (χ4v) is 3.00. The van der Waals surface area contributed by atoms with Crippen molar-refractivity contribution in [1.82, 2.24) is 20.2 Å². The molecule has 6 heteroatoms. The summed E-state index contributed by atoms with van der Waals surface area (Å²) in [4.78, 5) is 1.48. The molecular weight excluding hydrogens is 198 g/mol. The van der Waals surface area contributed by atoms with E-state index in [9.17, 15) is 0 Å². The molecule has 2 rings (SSSR count). The van der Waals surface area contributed by atoms with Crippen LogP contribution in [-0.2, 0) is 13.5 Å². The number of hydrogen-bond donors (Lipinski definition) is 1. The molecule has 1 fully saturated rings. The van der Waals surface area contributed by atoms with Gasteiger partial charge in [0.05, 0.1) is 7.05 Å². The van der Waals surface area contributed by atoms with Crippen LogP contribution >= 0.6 is 11.8 Å². The van der Waals surface area contributed by atoms with E-state index in [1.165, 1.54) is 23.4 Å². The van der Waals surface area contributed by atoms with Crippen molar-refractivity contribution in [3.05, 3.63) is 5.82 Å². The summed E-state index contributed by atoms with van der Waals surface area (Å²) in [5.41, 5.74) is 6.08. The first-order chi connectivity index (χ1) is 6.75. The van der Waals surface area contributed by atoms with E-state index < -0.39 is 0 Å². The molecule has 1 saturated heterocycles. The van der Waals surface area contributed by atoms with E-state index in [2.05, 4.69) is 15.4 Å². The quantitative estimate of drug-likeness (QED) is 0.764. The molecule has 0 aromatic carbocycles. The number of rotatable bonds is 3. The molecule has 0 bridgehead atoms. The Morgan fingerprint density at radius 1 is 1.71 bits per heavy atom. The SMILES string of the molecule is Cn1nnc(CC(N)C2CCCS2)n1. The van der Waals surface area contributed by atoms with Crippen molar-refractivity contribution in [1.29, 1.82) is 0 Å². The first-order valence-electron chi connectivity index (χ1n) is 4.86. The van der Waals surface area contributed by atoms with Crippen LogP contribution in [0.5, 0.6) is 0 Å². The van der Waals surface area contributed by atoms with Crippen LogP contribution in [0, 0.1) is 0 Å². The van der Waals surface area contributed by atoms with Gasteiger partial charge in [-0.05, 0) is 23.8 Å². The zero-order valence-corrected chi connectivity index (χ0v) is 9.07. The summed E-state index contributed by atoms with van der Waals surface area (Å²) in [6.07, 6.45) is 3.26. The van der Waals surface area contributed by atoms with Gasteiger partial charge in [-0.1, -0.05) is 0 Å². The molecule has 1 aromatic rings. The highest BCUT2D eigenvalue weighted by Crippen LogP contribution is 2.28. The van der Waals surface area contributed by atoms with Crippen molar-refractivity contribution < 1.29 is 0 Å². The van der Waals surface area contributed by atoms with Crippen LogP contribution in [0.3, 0.4) is 0 Å². The molecule has 2 N–H and O–H groups in total. The molecule has 0 radical (unpaired) electrons. The highest BCUT2D eigenvalue weighted by Gasteiger charge is 2.23. The largest absolute Gasteiger partial charge is 0.326 e. The summed E-state index contributed by atoms with van der Waals surface area (Å²) >= 11 is 1.97. The summed E-state index contributed by atoms with van der Waals surface area (Å²) in [5, 5.41) is 12.4. The average molecular weight is 213 g/mol. The first-order valence-corrected chi connectivity index (χ1v) is 5.90. The van der Waals surface area contributed by atoms with Crippen LogP contribution < -0.4 is 5.73 Å².